The van der Waals surface area contributed by atoms with Gasteiger partial charge in [0.1, 0.15) is 0 Å². The van der Waals surface area contributed by atoms with Crippen LogP contribution in [0.1, 0.15) is 44.1 Å². The minimum absolute atomic E-state index is 0.0860. The van der Waals surface area contributed by atoms with Gasteiger partial charge in [0.25, 0.3) is 0 Å². The average Bonchev–Trinajstić information content (AvgIpc) is 2.77. The lowest BCUT2D eigenvalue weighted by Gasteiger charge is -2.38. The molecule has 1 atom stereocenters. The van der Waals surface area contributed by atoms with E-state index in [0.717, 1.165) is 23.5 Å². The smallest absolute Gasteiger partial charge is 0.0779 e. The highest BCUT2D eigenvalue weighted by molar-refractivity contribution is 9.10. The quantitative estimate of drug-likeness (QED) is 0.908. The molecular formula is C16H22BrNO. The molecule has 1 unspecified atom stereocenters. The first-order valence-electron chi connectivity index (χ1n) is 7.27. The van der Waals surface area contributed by atoms with Crippen LogP contribution in [0.25, 0.3) is 0 Å². The van der Waals surface area contributed by atoms with Crippen LogP contribution in [-0.2, 0) is 4.74 Å². The molecule has 1 aliphatic heterocycles. The summed E-state index contributed by atoms with van der Waals surface area (Å²) >= 11 is 3.49. The predicted octanol–water partition coefficient (Wildman–Crippen LogP) is 3.85. The zero-order valence-electron chi connectivity index (χ0n) is 11.5. The van der Waals surface area contributed by atoms with Gasteiger partial charge in [0.15, 0.2) is 0 Å². The third kappa shape index (κ3) is 3.21. The largest absolute Gasteiger partial charge is 0.374 e. The number of hydrogen-bond acceptors (Lipinski definition) is 2. The number of rotatable bonds is 4. The standard InChI is InChI=1S/C16H22BrNO/c1-16(7-2-8-19-16)11-18-15-9-13(10-15)12-3-5-14(17)6-4-12/h3-6,13,15,18H,2,7-11H2,1H3. The van der Waals surface area contributed by atoms with E-state index >= 15 is 0 Å². The van der Waals surface area contributed by atoms with Crippen LogP contribution >= 0.6 is 15.9 Å². The van der Waals surface area contributed by atoms with Gasteiger partial charge in [0.2, 0.25) is 0 Å². The molecule has 104 valence electrons. The Balaban J connectivity index is 1.44. The van der Waals surface area contributed by atoms with Crippen molar-refractivity contribution in [3.63, 3.8) is 0 Å². The molecule has 1 saturated heterocycles. The van der Waals surface area contributed by atoms with Crippen LogP contribution in [0, 0.1) is 0 Å². The summed E-state index contributed by atoms with van der Waals surface area (Å²) in [6, 6.07) is 9.45. The second-order valence-corrected chi connectivity index (χ2v) is 7.12. The van der Waals surface area contributed by atoms with E-state index in [0.29, 0.717) is 6.04 Å². The summed E-state index contributed by atoms with van der Waals surface area (Å²) in [6.45, 7) is 4.17. The summed E-state index contributed by atoms with van der Waals surface area (Å²) in [4.78, 5) is 0. The molecule has 2 nitrogen and oxygen atoms in total. The van der Waals surface area contributed by atoms with Crippen molar-refractivity contribution in [2.24, 2.45) is 0 Å². The van der Waals surface area contributed by atoms with Gasteiger partial charge in [-0.1, -0.05) is 28.1 Å². The maximum atomic E-state index is 5.82. The van der Waals surface area contributed by atoms with Gasteiger partial charge in [0.05, 0.1) is 5.60 Å². The molecule has 1 heterocycles. The molecule has 0 aromatic heterocycles. The number of benzene rings is 1. The third-order valence-electron chi connectivity index (χ3n) is 4.54. The maximum Gasteiger partial charge on any atom is 0.0779 e. The lowest BCUT2D eigenvalue weighted by atomic mass is 9.75. The first-order chi connectivity index (χ1) is 9.15. The normalized spacial score (nSPS) is 34.2. The molecule has 2 aliphatic rings. The highest BCUT2D eigenvalue weighted by atomic mass is 79.9. The van der Waals surface area contributed by atoms with Crippen molar-refractivity contribution in [1.29, 1.82) is 0 Å². The lowest BCUT2D eigenvalue weighted by Crippen LogP contribution is -2.47. The van der Waals surface area contributed by atoms with E-state index < -0.39 is 0 Å². The van der Waals surface area contributed by atoms with Crippen molar-refractivity contribution in [3.05, 3.63) is 34.3 Å². The van der Waals surface area contributed by atoms with Crippen molar-refractivity contribution >= 4 is 15.9 Å². The predicted molar refractivity (Wildman–Crippen MR) is 81.5 cm³/mol. The zero-order valence-corrected chi connectivity index (χ0v) is 13.1. The van der Waals surface area contributed by atoms with Gasteiger partial charge < -0.3 is 10.1 Å². The Kier molecular flexibility index (Phi) is 3.97. The monoisotopic (exact) mass is 323 g/mol. The van der Waals surface area contributed by atoms with Crippen LogP contribution in [0.3, 0.4) is 0 Å². The van der Waals surface area contributed by atoms with Gasteiger partial charge in [-0.2, -0.15) is 0 Å². The Morgan fingerprint density at radius 1 is 1.32 bits per heavy atom. The molecule has 19 heavy (non-hydrogen) atoms. The Labute approximate surface area is 124 Å². The maximum absolute atomic E-state index is 5.82. The van der Waals surface area contributed by atoms with Gasteiger partial charge >= 0.3 is 0 Å². The Bertz CT molecular complexity index is 419. The summed E-state index contributed by atoms with van der Waals surface area (Å²) in [5.41, 5.74) is 1.56. The fourth-order valence-corrected chi connectivity index (χ4v) is 3.39. The molecule has 1 aromatic carbocycles. The fraction of sp³-hybridized carbons (Fsp3) is 0.625. The summed E-state index contributed by atoms with van der Waals surface area (Å²) in [7, 11) is 0. The van der Waals surface area contributed by atoms with Crippen LogP contribution in [0.5, 0.6) is 0 Å². The second-order valence-electron chi connectivity index (χ2n) is 6.20. The average molecular weight is 324 g/mol. The summed E-state index contributed by atoms with van der Waals surface area (Å²) in [5.74, 6) is 0.739. The van der Waals surface area contributed by atoms with Crippen molar-refractivity contribution in [3.8, 4) is 0 Å². The van der Waals surface area contributed by atoms with Crippen molar-refractivity contribution in [2.45, 2.75) is 50.2 Å². The van der Waals surface area contributed by atoms with E-state index in [1.165, 1.54) is 31.2 Å². The minimum atomic E-state index is 0.0860. The molecule has 1 N–H and O–H groups in total. The van der Waals surface area contributed by atoms with E-state index in [9.17, 15) is 0 Å². The van der Waals surface area contributed by atoms with Gasteiger partial charge in [-0.15, -0.1) is 0 Å². The van der Waals surface area contributed by atoms with Crippen molar-refractivity contribution < 1.29 is 4.74 Å². The summed E-state index contributed by atoms with van der Waals surface area (Å²) in [6.07, 6.45) is 4.93. The van der Waals surface area contributed by atoms with Crippen LogP contribution in [0.15, 0.2) is 28.7 Å². The van der Waals surface area contributed by atoms with Gasteiger partial charge in [0, 0.05) is 23.7 Å². The topological polar surface area (TPSA) is 21.3 Å². The van der Waals surface area contributed by atoms with Crippen LogP contribution < -0.4 is 5.32 Å². The number of hydrogen-bond donors (Lipinski definition) is 1. The van der Waals surface area contributed by atoms with Crippen LogP contribution in [0.4, 0.5) is 0 Å². The van der Waals surface area contributed by atoms with Crippen LogP contribution in [-0.4, -0.2) is 24.8 Å². The van der Waals surface area contributed by atoms with Gasteiger partial charge in [-0.3, -0.25) is 0 Å². The third-order valence-corrected chi connectivity index (χ3v) is 5.07. The second kappa shape index (κ2) is 5.55. The minimum Gasteiger partial charge on any atom is -0.374 e. The summed E-state index contributed by atoms with van der Waals surface area (Å²) < 4.78 is 6.98. The molecular weight excluding hydrogens is 302 g/mol. The van der Waals surface area contributed by atoms with Crippen LogP contribution in [0.2, 0.25) is 0 Å². The van der Waals surface area contributed by atoms with Gasteiger partial charge in [-0.25, -0.2) is 0 Å². The fourth-order valence-electron chi connectivity index (χ4n) is 3.13. The van der Waals surface area contributed by atoms with E-state index in [-0.39, 0.29) is 5.60 Å². The first-order valence-corrected chi connectivity index (χ1v) is 8.07. The highest BCUT2D eigenvalue weighted by Crippen LogP contribution is 2.37. The molecule has 2 fully saturated rings. The molecule has 3 heteroatoms. The molecule has 0 amide bonds. The van der Waals surface area contributed by atoms with Gasteiger partial charge in [-0.05, 0) is 56.2 Å². The molecule has 3 rings (SSSR count). The Morgan fingerprint density at radius 3 is 2.68 bits per heavy atom. The van der Waals surface area contributed by atoms with Crippen molar-refractivity contribution in [2.75, 3.05) is 13.2 Å². The summed E-state index contributed by atoms with van der Waals surface area (Å²) in [5, 5.41) is 3.68. The van der Waals surface area contributed by atoms with Crippen molar-refractivity contribution in [1.82, 2.24) is 5.32 Å². The molecule has 0 bridgehead atoms. The zero-order chi connectivity index (χ0) is 13.3. The van der Waals surface area contributed by atoms with E-state index in [1.54, 1.807) is 0 Å². The lowest BCUT2D eigenvalue weighted by molar-refractivity contribution is 0.0158. The number of ether oxygens (including phenoxy) is 1. The Hall–Kier alpha value is -0.380. The molecule has 1 aliphatic carbocycles. The SMILES string of the molecule is CC1(CNC2CC(c3ccc(Br)cc3)C2)CCCO1. The molecule has 0 spiro atoms. The Morgan fingerprint density at radius 2 is 2.05 bits per heavy atom. The molecule has 1 aromatic rings. The highest BCUT2D eigenvalue weighted by Gasteiger charge is 2.34. The first kappa shape index (κ1) is 13.6. The van der Waals surface area contributed by atoms with E-state index in [2.05, 4.69) is 52.4 Å². The van der Waals surface area contributed by atoms with E-state index in [1.807, 2.05) is 0 Å². The molecule has 1 saturated carbocycles. The molecule has 0 radical (unpaired) electrons. The number of nitrogens with one attached hydrogen (secondary N) is 1. The van der Waals surface area contributed by atoms with E-state index in [4.69, 9.17) is 4.74 Å². The number of halogens is 1.